The minimum absolute atomic E-state index is 0.110. The maximum absolute atomic E-state index is 14.0. The first-order valence-electron chi connectivity index (χ1n) is 22.3. The summed E-state index contributed by atoms with van der Waals surface area (Å²) in [6.45, 7) is 21.7. The Balaban J connectivity index is 1.13. The third-order valence-corrected chi connectivity index (χ3v) is 18.9. The van der Waals surface area contributed by atoms with Gasteiger partial charge in [0.2, 0.25) is 0 Å². The number of hydrogen-bond donors (Lipinski definition) is 1. The van der Waals surface area contributed by atoms with Crippen molar-refractivity contribution in [3.05, 3.63) is 29.3 Å². The maximum atomic E-state index is 14.0. The minimum atomic E-state index is -1.02. The molecule has 2 heterocycles. The van der Waals surface area contributed by atoms with Gasteiger partial charge < -0.3 is 19.9 Å². The van der Waals surface area contributed by atoms with Crippen LogP contribution < -0.4 is 10.1 Å². The van der Waals surface area contributed by atoms with Crippen molar-refractivity contribution in [1.29, 1.82) is 0 Å². The molecule has 1 amide bonds. The second-order valence-corrected chi connectivity index (χ2v) is 23.0. The van der Waals surface area contributed by atoms with Gasteiger partial charge in [-0.15, -0.1) is 0 Å². The lowest BCUT2D eigenvalue weighted by molar-refractivity contribution is -0.132. The highest BCUT2D eigenvalue weighted by Crippen LogP contribution is 2.63. The predicted octanol–water partition coefficient (Wildman–Crippen LogP) is 8.45. The Kier molecular flexibility index (Phi) is 13.5. The molecule has 0 aromatic heterocycles. The van der Waals surface area contributed by atoms with Gasteiger partial charge in [0.25, 0.3) is 0 Å². The molecule has 5 aliphatic rings. The van der Waals surface area contributed by atoms with Crippen molar-refractivity contribution < 1.29 is 18.5 Å². The van der Waals surface area contributed by atoms with Crippen LogP contribution in [0.15, 0.2) is 18.2 Å². The van der Waals surface area contributed by atoms with E-state index in [1.807, 2.05) is 13.0 Å². The van der Waals surface area contributed by atoms with Crippen LogP contribution in [0.4, 0.5) is 4.79 Å². The summed E-state index contributed by atoms with van der Waals surface area (Å²) in [5.41, 5.74) is 2.25. The van der Waals surface area contributed by atoms with Crippen molar-refractivity contribution in [1.82, 2.24) is 15.1 Å². The van der Waals surface area contributed by atoms with Crippen molar-refractivity contribution in [3.63, 3.8) is 0 Å². The summed E-state index contributed by atoms with van der Waals surface area (Å²) in [6.07, 6.45) is 11.5. The highest BCUT2D eigenvalue weighted by molar-refractivity contribution is 7.86. The molecule has 8 atom stereocenters. The molecule has 0 bridgehead atoms. The van der Waals surface area contributed by atoms with Crippen molar-refractivity contribution in [2.45, 2.75) is 160 Å². The van der Waals surface area contributed by atoms with Gasteiger partial charge in [-0.25, -0.2) is 4.79 Å². The average molecular weight is 786 g/mol. The fourth-order valence-electron chi connectivity index (χ4n) is 11.5. The zero-order valence-corrected chi connectivity index (χ0v) is 37.3. The number of hydrogen-bond acceptors (Lipinski definition) is 6. The number of Topliss-reactive ketones (excluding diaryl/α,β-unsaturated/α-hetero) is 1. The van der Waals surface area contributed by atoms with Crippen molar-refractivity contribution in [2.75, 3.05) is 39.0 Å². The van der Waals surface area contributed by atoms with Crippen LogP contribution in [-0.2, 0) is 22.0 Å². The van der Waals surface area contributed by atoms with E-state index in [9.17, 15) is 13.8 Å². The van der Waals surface area contributed by atoms with Gasteiger partial charge in [0, 0.05) is 57.8 Å². The highest BCUT2D eigenvalue weighted by atomic mass is 32.2. The third-order valence-electron chi connectivity index (χ3n) is 16.5. The molecule has 1 aromatic rings. The van der Waals surface area contributed by atoms with Gasteiger partial charge in [-0.1, -0.05) is 65.2 Å². The molecular formula is C46H73B2N3O4S. The number of carbonyl (C=O) groups is 2. The topological polar surface area (TPSA) is 79.0 Å². The number of ether oxygens (including phenoxy) is 1. The van der Waals surface area contributed by atoms with Crippen LogP contribution in [0, 0.1) is 40.4 Å². The van der Waals surface area contributed by atoms with Gasteiger partial charge in [-0.05, 0) is 157 Å². The molecule has 1 aromatic carbocycles. The Morgan fingerprint density at radius 3 is 2.39 bits per heavy atom. The number of carbonyl (C=O) groups excluding carboxylic acids is 2. The molecule has 308 valence electrons. The smallest absolute Gasteiger partial charge is 0.410 e. The second-order valence-electron chi connectivity index (χ2n) is 20.8. The van der Waals surface area contributed by atoms with Crippen molar-refractivity contribution >= 4 is 38.4 Å². The summed E-state index contributed by atoms with van der Waals surface area (Å²) < 4.78 is 19.6. The lowest BCUT2D eigenvalue weighted by atomic mass is 9.49. The largest absolute Gasteiger partial charge is 0.412 e. The van der Waals surface area contributed by atoms with Gasteiger partial charge in [0.15, 0.2) is 0 Å². The SMILES string of the molecule is [B]C([B])(C)C(C)CCCS(=O)C(C)(C)C(C)(C)CC[C@@H]1Cc2cc(OC(=O)NC3CCN(C4CCN(C)CC4)CC3)ccc2C2CCC3(C)C(=O)C(C)CC3C21. The van der Waals surface area contributed by atoms with Crippen LogP contribution in [0.3, 0.4) is 0 Å². The normalized spacial score (nSPS) is 30.9. The molecule has 56 heavy (non-hydrogen) atoms. The third kappa shape index (κ3) is 9.23. The Morgan fingerprint density at radius 1 is 1.05 bits per heavy atom. The van der Waals surface area contributed by atoms with Crippen LogP contribution in [-0.4, -0.2) is 97.4 Å². The van der Waals surface area contributed by atoms with Crippen LogP contribution in [0.1, 0.15) is 143 Å². The van der Waals surface area contributed by atoms with Crippen LogP contribution in [0.25, 0.3) is 0 Å². The van der Waals surface area contributed by atoms with E-state index in [0.29, 0.717) is 47.0 Å². The summed E-state index contributed by atoms with van der Waals surface area (Å²) in [4.78, 5) is 32.0. The number of likely N-dealkylation sites (tertiary alicyclic amines) is 2. The molecule has 1 N–H and O–H groups in total. The number of benzene rings is 1. The number of amides is 1. The first-order chi connectivity index (χ1) is 26.2. The van der Waals surface area contributed by atoms with Gasteiger partial charge in [0.05, 0.1) is 15.7 Å². The fraction of sp³-hybridized carbons (Fsp3) is 0.826. The maximum Gasteiger partial charge on any atom is 0.412 e. The molecular weight excluding hydrogens is 712 g/mol. The van der Waals surface area contributed by atoms with E-state index in [-0.39, 0.29) is 39.5 Å². The van der Waals surface area contributed by atoms with Crippen molar-refractivity contribution in [2.24, 2.45) is 40.4 Å². The van der Waals surface area contributed by atoms with E-state index in [1.165, 1.54) is 37.1 Å². The van der Waals surface area contributed by atoms with E-state index in [2.05, 4.69) is 82.8 Å². The van der Waals surface area contributed by atoms with Crippen LogP contribution in [0.2, 0.25) is 5.21 Å². The fourth-order valence-corrected chi connectivity index (χ4v) is 13.2. The quantitative estimate of drug-likeness (QED) is 0.203. The second kappa shape index (κ2) is 17.1. The van der Waals surface area contributed by atoms with Gasteiger partial charge in [-0.3, -0.25) is 9.00 Å². The van der Waals surface area contributed by atoms with E-state index >= 15 is 0 Å². The number of fused-ring (bicyclic) bond motifs is 5. The summed E-state index contributed by atoms with van der Waals surface area (Å²) in [5, 5.41) is 2.46. The molecule has 3 aliphatic carbocycles. The first kappa shape index (κ1) is 43.9. The highest BCUT2D eigenvalue weighted by Gasteiger charge is 2.59. The minimum Gasteiger partial charge on any atom is -0.410 e. The Hall–Kier alpha value is -1.64. The lowest BCUT2D eigenvalue weighted by Crippen LogP contribution is -2.51. The molecule has 4 radical (unpaired) electrons. The number of nitrogens with one attached hydrogen (secondary N) is 1. The molecule has 7 nitrogen and oxygen atoms in total. The summed E-state index contributed by atoms with van der Waals surface area (Å²) in [5.74, 6) is 3.57. The Bertz CT molecular complexity index is 1580. The Labute approximate surface area is 345 Å². The predicted molar refractivity (Wildman–Crippen MR) is 232 cm³/mol. The van der Waals surface area contributed by atoms with E-state index < -0.39 is 16.0 Å². The van der Waals surface area contributed by atoms with Gasteiger partial charge >= 0.3 is 6.09 Å². The molecule has 10 heteroatoms. The molecule has 2 saturated carbocycles. The molecule has 2 saturated heterocycles. The number of piperidine rings is 2. The van der Waals surface area contributed by atoms with Gasteiger partial charge in [0.1, 0.15) is 11.5 Å². The lowest BCUT2D eigenvalue weighted by Gasteiger charge is -2.52. The van der Waals surface area contributed by atoms with E-state index in [0.717, 1.165) is 77.3 Å². The van der Waals surface area contributed by atoms with Gasteiger partial charge in [-0.2, -0.15) is 0 Å². The standard InChI is InChI=1S/C46H73B2N3O4S/c1-30-27-39-40-32(14-20-43(3,4)44(5,6)56(54)26-10-11-31(2)46(8,47)48)28-33-29-36(12-13-37(33)38(40)15-21-45(39,7)41(30)52)55-42(53)49-34-16-24-51(25-17-34)35-18-22-50(9)23-19-35/h12-13,29-32,34-35,38-40H,10-11,14-28H2,1-9H3,(H,49,53)/t30?,31?,32-,38?,39?,40?,45?,56?/m1/s1. The van der Waals surface area contributed by atoms with E-state index in [4.69, 9.17) is 20.4 Å². The Morgan fingerprint density at radius 2 is 1.73 bits per heavy atom. The zero-order valence-electron chi connectivity index (χ0n) is 36.5. The molecule has 0 spiro atoms. The number of ketones is 1. The summed E-state index contributed by atoms with van der Waals surface area (Å²) in [6, 6.07) is 7.16. The van der Waals surface area contributed by atoms with Crippen molar-refractivity contribution in [3.8, 4) is 5.75 Å². The molecule has 6 rings (SSSR count). The zero-order chi connectivity index (χ0) is 40.8. The monoisotopic (exact) mass is 786 g/mol. The van der Waals surface area contributed by atoms with Crippen LogP contribution in [0.5, 0.6) is 5.75 Å². The summed E-state index contributed by atoms with van der Waals surface area (Å²) >= 11 is 0. The first-order valence-corrected chi connectivity index (χ1v) is 23.6. The van der Waals surface area contributed by atoms with Crippen LogP contribution >= 0.6 is 0 Å². The summed E-state index contributed by atoms with van der Waals surface area (Å²) in [7, 11) is 13.5. The molecule has 4 fully saturated rings. The average Bonchev–Trinajstić information content (AvgIpc) is 3.37. The molecule has 2 aliphatic heterocycles. The van der Waals surface area contributed by atoms with E-state index in [1.54, 1.807) is 0 Å². The number of rotatable bonds is 13. The molecule has 7 unspecified atom stereocenters. The number of nitrogens with zero attached hydrogens (tertiary/aromatic N) is 2.